The lowest BCUT2D eigenvalue weighted by Gasteiger charge is -2.05. The lowest BCUT2D eigenvalue weighted by molar-refractivity contribution is -0.117. The first kappa shape index (κ1) is 15.1. The SMILES string of the molecule is Cc1sc(-c2cccc(NC(=O)C3CC3)c2)nc1-c1ccccc1. The molecule has 4 rings (SSSR count). The molecule has 3 nitrogen and oxygen atoms in total. The molecular weight excluding hydrogens is 316 g/mol. The van der Waals surface area contributed by atoms with Crippen LogP contribution in [0.3, 0.4) is 0 Å². The first-order valence-electron chi connectivity index (χ1n) is 8.15. The fourth-order valence-corrected chi connectivity index (χ4v) is 3.64. The van der Waals surface area contributed by atoms with Gasteiger partial charge < -0.3 is 5.32 Å². The zero-order chi connectivity index (χ0) is 16.5. The molecule has 0 aliphatic heterocycles. The van der Waals surface area contributed by atoms with E-state index in [1.54, 1.807) is 11.3 Å². The maximum absolute atomic E-state index is 11.9. The van der Waals surface area contributed by atoms with Crippen molar-refractivity contribution in [3.8, 4) is 21.8 Å². The topological polar surface area (TPSA) is 42.0 Å². The quantitative estimate of drug-likeness (QED) is 0.718. The van der Waals surface area contributed by atoms with E-state index in [1.807, 2.05) is 42.5 Å². The van der Waals surface area contributed by atoms with Gasteiger partial charge in [-0.25, -0.2) is 4.98 Å². The third kappa shape index (κ3) is 3.10. The molecule has 0 unspecified atom stereocenters. The largest absolute Gasteiger partial charge is 0.326 e. The van der Waals surface area contributed by atoms with E-state index in [0.717, 1.165) is 40.4 Å². The van der Waals surface area contributed by atoms with E-state index in [1.165, 1.54) is 4.88 Å². The van der Waals surface area contributed by atoms with Crippen molar-refractivity contribution in [1.29, 1.82) is 0 Å². The molecule has 0 radical (unpaired) electrons. The van der Waals surface area contributed by atoms with Gasteiger partial charge in [0.1, 0.15) is 5.01 Å². The van der Waals surface area contributed by atoms with E-state index in [9.17, 15) is 4.79 Å². The zero-order valence-corrected chi connectivity index (χ0v) is 14.3. The summed E-state index contributed by atoms with van der Waals surface area (Å²) in [5.41, 5.74) is 4.05. The lowest BCUT2D eigenvalue weighted by Crippen LogP contribution is -2.13. The van der Waals surface area contributed by atoms with Gasteiger partial charge >= 0.3 is 0 Å². The second-order valence-electron chi connectivity index (χ2n) is 6.13. The van der Waals surface area contributed by atoms with Crippen molar-refractivity contribution in [2.24, 2.45) is 5.92 Å². The maximum atomic E-state index is 11.9. The molecule has 1 aromatic heterocycles. The van der Waals surface area contributed by atoms with Crippen LogP contribution in [0, 0.1) is 12.8 Å². The molecule has 1 fully saturated rings. The van der Waals surface area contributed by atoms with Crippen LogP contribution in [0.2, 0.25) is 0 Å². The van der Waals surface area contributed by atoms with Gasteiger partial charge in [0.15, 0.2) is 0 Å². The second kappa shape index (κ2) is 6.21. The van der Waals surface area contributed by atoms with E-state index in [0.29, 0.717) is 0 Å². The standard InChI is InChI=1S/C20H18N2OS/c1-13-18(14-6-3-2-4-7-14)22-20(24-13)16-8-5-9-17(12-16)21-19(23)15-10-11-15/h2-9,12,15H,10-11H2,1H3,(H,21,23). The highest BCUT2D eigenvalue weighted by molar-refractivity contribution is 7.15. The number of nitrogens with one attached hydrogen (secondary N) is 1. The van der Waals surface area contributed by atoms with Crippen molar-refractivity contribution < 1.29 is 4.79 Å². The molecule has 0 atom stereocenters. The molecular formula is C20H18N2OS. The highest BCUT2D eigenvalue weighted by atomic mass is 32.1. The first-order valence-corrected chi connectivity index (χ1v) is 8.96. The summed E-state index contributed by atoms with van der Waals surface area (Å²) in [5.74, 6) is 0.341. The summed E-state index contributed by atoms with van der Waals surface area (Å²) in [4.78, 5) is 18.0. The van der Waals surface area contributed by atoms with Crippen LogP contribution in [0.1, 0.15) is 17.7 Å². The number of nitrogens with zero attached hydrogens (tertiary/aromatic N) is 1. The first-order chi connectivity index (χ1) is 11.7. The third-order valence-electron chi connectivity index (χ3n) is 4.17. The summed E-state index contributed by atoms with van der Waals surface area (Å²) < 4.78 is 0. The zero-order valence-electron chi connectivity index (χ0n) is 13.5. The maximum Gasteiger partial charge on any atom is 0.227 e. The number of carbonyl (C=O) groups excluding carboxylic acids is 1. The Bertz CT molecular complexity index is 882. The van der Waals surface area contributed by atoms with E-state index in [-0.39, 0.29) is 11.8 Å². The monoisotopic (exact) mass is 334 g/mol. The number of benzene rings is 2. The molecule has 0 spiro atoms. The number of aryl methyl sites for hydroxylation is 1. The second-order valence-corrected chi connectivity index (χ2v) is 7.34. The van der Waals surface area contributed by atoms with Crippen molar-refractivity contribution in [3.05, 3.63) is 59.5 Å². The van der Waals surface area contributed by atoms with E-state index in [2.05, 4.69) is 24.4 Å². The molecule has 1 aliphatic rings. The molecule has 1 saturated carbocycles. The van der Waals surface area contributed by atoms with Crippen molar-refractivity contribution in [2.45, 2.75) is 19.8 Å². The van der Waals surface area contributed by atoms with Crippen LogP contribution in [0.5, 0.6) is 0 Å². The minimum absolute atomic E-state index is 0.132. The fourth-order valence-electron chi connectivity index (χ4n) is 2.70. The number of rotatable bonds is 4. The van der Waals surface area contributed by atoms with Crippen LogP contribution < -0.4 is 5.32 Å². The Morgan fingerprint density at radius 1 is 1.08 bits per heavy atom. The molecule has 120 valence electrons. The van der Waals surface area contributed by atoms with Gasteiger partial charge in [0, 0.05) is 27.6 Å². The molecule has 1 amide bonds. The predicted octanol–water partition coefficient (Wildman–Crippen LogP) is 5.13. The number of aromatic nitrogens is 1. The van der Waals surface area contributed by atoms with Crippen molar-refractivity contribution in [1.82, 2.24) is 4.98 Å². The summed E-state index contributed by atoms with van der Waals surface area (Å²) in [6.45, 7) is 2.10. The van der Waals surface area contributed by atoms with Crippen molar-refractivity contribution >= 4 is 22.9 Å². The number of thiazole rings is 1. The third-order valence-corrected chi connectivity index (χ3v) is 5.19. The van der Waals surface area contributed by atoms with Crippen molar-refractivity contribution in [2.75, 3.05) is 5.32 Å². The lowest BCUT2D eigenvalue weighted by atomic mass is 10.1. The molecule has 4 heteroatoms. The van der Waals surface area contributed by atoms with Crippen LogP contribution in [0.15, 0.2) is 54.6 Å². The van der Waals surface area contributed by atoms with Gasteiger partial charge in [-0.2, -0.15) is 0 Å². The summed E-state index contributed by atoms with van der Waals surface area (Å²) in [6, 6.07) is 18.2. The number of carbonyl (C=O) groups is 1. The fraction of sp³-hybridized carbons (Fsp3) is 0.200. The summed E-state index contributed by atoms with van der Waals surface area (Å²) >= 11 is 1.68. The van der Waals surface area contributed by atoms with Crippen LogP contribution in [0.25, 0.3) is 21.8 Å². The van der Waals surface area contributed by atoms with E-state index < -0.39 is 0 Å². The predicted molar refractivity (Wildman–Crippen MR) is 99.1 cm³/mol. The van der Waals surface area contributed by atoms with Gasteiger partial charge in [0.25, 0.3) is 0 Å². The smallest absolute Gasteiger partial charge is 0.227 e. The van der Waals surface area contributed by atoms with Gasteiger partial charge in [0.05, 0.1) is 5.69 Å². The Labute approximate surface area is 145 Å². The summed E-state index contributed by atoms with van der Waals surface area (Å²) in [7, 11) is 0. The molecule has 2 aromatic carbocycles. The molecule has 0 bridgehead atoms. The molecule has 1 N–H and O–H groups in total. The Balaban J connectivity index is 1.63. The minimum atomic E-state index is 0.132. The van der Waals surface area contributed by atoms with Crippen molar-refractivity contribution in [3.63, 3.8) is 0 Å². The highest BCUT2D eigenvalue weighted by Crippen LogP contribution is 2.34. The molecule has 0 saturated heterocycles. The van der Waals surface area contributed by atoms with Gasteiger partial charge in [0.2, 0.25) is 5.91 Å². The number of hydrogen-bond acceptors (Lipinski definition) is 3. The number of amides is 1. The number of hydrogen-bond donors (Lipinski definition) is 1. The van der Waals surface area contributed by atoms with Crippen LogP contribution in [-0.2, 0) is 4.79 Å². The summed E-state index contributed by atoms with van der Waals surface area (Å²) in [5, 5.41) is 3.99. The van der Waals surface area contributed by atoms with E-state index >= 15 is 0 Å². The summed E-state index contributed by atoms with van der Waals surface area (Å²) in [6.07, 6.45) is 2.02. The molecule has 24 heavy (non-hydrogen) atoms. The normalized spacial score (nSPS) is 13.7. The minimum Gasteiger partial charge on any atom is -0.326 e. The highest BCUT2D eigenvalue weighted by Gasteiger charge is 2.29. The van der Waals surface area contributed by atoms with Crippen LogP contribution >= 0.6 is 11.3 Å². The number of anilines is 1. The molecule has 1 aliphatic carbocycles. The Hall–Kier alpha value is -2.46. The Morgan fingerprint density at radius 3 is 2.58 bits per heavy atom. The average molecular weight is 334 g/mol. The van der Waals surface area contributed by atoms with E-state index in [4.69, 9.17) is 4.98 Å². The molecule has 1 heterocycles. The van der Waals surface area contributed by atoms with Gasteiger partial charge in [-0.3, -0.25) is 4.79 Å². The average Bonchev–Trinajstić information content (AvgIpc) is 3.38. The van der Waals surface area contributed by atoms with Gasteiger partial charge in [-0.15, -0.1) is 11.3 Å². The van der Waals surface area contributed by atoms with Gasteiger partial charge in [-0.05, 0) is 31.9 Å². The Kier molecular flexibility index (Phi) is 3.90. The molecule has 3 aromatic rings. The van der Waals surface area contributed by atoms with Crippen LogP contribution in [0.4, 0.5) is 5.69 Å². The van der Waals surface area contributed by atoms with Crippen LogP contribution in [-0.4, -0.2) is 10.9 Å². The Morgan fingerprint density at radius 2 is 1.83 bits per heavy atom. The van der Waals surface area contributed by atoms with Gasteiger partial charge in [-0.1, -0.05) is 42.5 Å².